The van der Waals surface area contributed by atoms with Gasteiger partial charge in [-0.25, -0.2) is 14.0 Å². The molecule has 164 valence electrons. The number of carbonyl (C=O) groups excluding carboxylic acids is 2. The molecule has 2 N–H and O–H groups in total. The van der Waals surface area contributed by atoms with Gasteiger partial charge in [-0.3, -0.25) is 0 Å². The number of hydrogen-bond acceptors (Lipinski definition) is 4. The lowest BCUT2D eigenvalue weighted by atomic mass is 9.93. The molecule has 0 bridgehead atoms. The van der Waals surface area contributed by atoms with Crippen LogP contribution < -0.4 is 15.4 Å². The van der Waals surface area contributed by atoms with Crippen molar-refractivity contribution in [1.29, 1.82) is 0 Å². The number of allylic oxidation sites excluding steroid dienone is 1. The predicted octanol–water partition coefficient (Wildman–Crippen LogP) is 4.77. The van der Waals surface area contributed by atoms with Crippen molar-refractivity contribution >= 4 is 12.0 Å². The lowest BCUT2D eigenvalue weighted by Gasteiger charge is -2.29. The van der Waals surface area contributed by atoms with E-state index in [0.717, 1.165) is 24.0 Å². The maximum absolute atomic E-state index is 13.0. The molecule has 1 aliphatic rings. The first kappa shape index (κ1) is 22.3. The van der Waals surface area contributed by atoms with Gasteiger partial charge in [0.05, 0.1) is 18.2 Å². The van der Waals surface area contributed by atoms with Crippen LogP contribution in [0.2, 0.25) is 0 Å². The van der Waals surface area contributed by atoms with E-state index in [9.17, 15) is 14.0 Å². The maximum Gasteiger partial charge on any atom is 0.338 e. The van der Waals surface area contributed by atoms with Gasteiger partial charge < -0.3 is 20.1 Å². The molecule has 7 heteroatoms. The molecule has 0 radical (unpaired) electrons. The molecule has 1 aliphatic heterocycles. The summed E-state index contributed by atoms with van der Waals surface area (Å²) in [5.74, 6) is -0.107. The van der Waals surface area contributed by atoms with Gasteiger partial charge in [0.15, 0.2) is 0 Å². The summed E-state index contributed by atoms with van der Waals surface area (Å²) in [5, 5.41) is 5.60. The SMILES string of the molecule is CCCCC1=C(C(=O)OCC)C(c2ccc(OCc3ccc(F)cc3)cc2)NC(=O)N1. The quantitative estimate of drug-likeness (QED) is 0.567. The predicted molar refractivity (Wildman–Crippen MR) is 115 cm³/mol. The van der Waals surface area contributed by atoms with Crippen LogP contribution in [0, 0.1) is 5.82 Å². The number of carbonyl (C=O) groups is 2. The second-order valence-electron chi connectivity index (χ2n) is 7.23. The largest absolute Gasteiger partial charge is 0.489 e. The molecule has 2 amide bonds. The summed E-state index contributed by atoms with van der Waals surface area (Å²) in [7, 11) is 0. The van der Waals surface area contributed by atoms with Crippen LogP contribution in [0.1, 0.15) is 50.3 Å². The van der Waals surface area contributed by atoms with Crippen molar-refractivity contribution in [3.8, 4) is 5.75 Å². The molecule has 0 aliphatic carbocycles. The number of benzene rings is 2. The van der Waals surface area contributed by atoms with E-state index in [1.807, 2.05) is 12.1 Å². The lowest BCUT2D eigenvalue weighted by Crippen LogP contribution is -2.46. The summed E-state index contributed by atoms with van der Waals surface area (Å²) in [6, 6.07) is 12.3. The first-order valence-corrected chi connectivity index (χ1v) is 10.5. The number of amides is 2. The number of halogens is 1. The third-order valence-corrected chi connectivity index (χ3v) is 4.96. The molecule has 2 aromatic rings. The van der Waals surface area contributed by atoms with Gasteiger partial charge in [-0.1, -0.05) is 37.6 Å². The highest BCUT2D eigenvalue weighted by Crippen LogP contribution is 2.30. The topological polar surface area (TPSA) is 76.7 Å². The zero-order valence-corrected chi connectivity index (χ0v) is 17.7. The fourth-order valence-corrected chi connectivity index (χ4v) is 3.37. The first-order chi connectivity index (χ1) is 15.0. The van der Waals surface area contributed by atoms with E-state index in [0.29, 0.717) is 30.0 Å². The summed E-state index contributed by atoms with van der Waals surface area (Å²) < 4.78 is 24.0. The van der Waals surface area contributed by atoms with Gasteiger partial charge in [-0.05, 0) is 55.2 Å². The highest BCUT2D eigenvalue weighted by atomic mass is 19.1. The molecule has 1 atom stereocenters. The second kappa shape index (κ2) is 10.6. The van der Waals surface area contributed by atoms with E-state index in [1.165, 1.54) is 12.1 Å². The molecule has 1 heterocycles. The van der Waals surface area contributed by atoms with Crippen LogP contribution in [-0.4, -0.2) is 18.6 Å². The van der Waals surface area contributed by atoms with Crippen LogP contribution in [0.25, 0.3) is 0 Å². The number of nitrogens with one attached hydrogen (secondary N) is 2. The van der Waals surface area contributed by atoms with Crippen LogP contribution in [0.5, 0.6) is 5.75 Å². The Morgan fingerprint density at radius 2 is 1.77 bits per heavy atom. The summed E-state index contributed by atoms with van der Waals surface area (Å²) in [6.45, 7) is 4.36. The number of hydrogen-bond donors (Lipinski definition) is 2. The van der Waals surface area contributed by atoms with E-state index in [2.05, 4.69) is 17.6 Å². The number of urea groups is 1. The van der Waals surface area contributed by atoms with E-state index in [-0.39, 0.29) is 18.5 Å². The second-order valence-corrected chi connectivity index (χ2v) is 7.23. The number of ether oxygens (including phenoxy) is 2. The van der Waals surface area contributed by atoms with Gasteiger partial charge >= 0.3 is 12.0 Å². The molecular formula is C24H27FN2O4. The number of esters is 1. The highest BCUT2D eigenvalue weighted by molar-refractivity contribution is 5.95. The Labute approximate surface area is 181 Å². The van der Waals surface area contributed by atoms with E-state index >= 15 is 0 Å². The molecule has 1 unspecified atom stereocenters. The van der Waals surface area contributed by atoms with E-state index in [4.69, 9.17) is 9.47 Å². The van der Waals surface area contributed by atoms with E-state index < -0.39 is 12.0 Å². The van der Waals surface area contributed by atoms with Gasteiger partial charge in [-0.2, -0.15) is 0 Å². The zero-order valence-electron chi connectivity index (χ0n) is 17.7. The average molecular weight is 426 g/mol. The van der Waals surface area contributed by atoms with Crippen molar-refractivity contribution in [1.82, 2.24) is 10.6 Å². The minimum Gasteiger partial charge on any atom is -0.489 e. The number of rotatable bonds is 9. The van der Waals surface area contributed by atoms with Crippen LogP contribution in [-0.2, 0) is 16.1 Å². The Morgan fingerprint density at radius 3 is 2.42 bits per heavy atom. The molecule has 0 aromatic heterocycles. The van der Waals surface area contributed by atoms with Gasteiger partial charge in [-0.15, -0.1) is 0 Å². The standard InChI is InChI=1S/C24H27FN2O4/c1-3-5-6-20-21(23(28)30-4-2)22(27-24(29)26-20)17-9-13-19(14-10-17)31-15-16-7-11-18(25)12-8-16/h7-14,22H,3-6,15H2,1-2H3,(H2,26,27,29). The molecule has 3 rings (SSSR count). The summed E-state index contributed by atoms with van der Waals surface area (Å²) >= 11 is 0. The van der Waals surface area contributed by atoms with Crippen molar-refractivity contribution in [3.05, 3.63) is 76.7 Å². The van der Waals surface area contributed by atoms with Crippen molar-refractivity contribution < 1.29 is 23.5 Å². The van der Waals surface area contributed by atoms with Gasteiger partial charge in [0, 0.05) is 5.70 Å². The van der Waals surface area contributed by atoms with E-state index in [1.54, 1.807) is 31.2 Å². The monoisotopic (exact) mass is 426 g/mol. The van der Waals surface area contributed by atoms with Crippen LogP contribution in [0.15, 0.2) is 59.8 Å². The smallest absolute Gasteiger partial charge is 0.338 e. The minimum absolute atomic E-state index is 0.250. The molecule has 6 nitrogen and oxygen atoms in total. The fraction of sp³-hybridized carbons (Fsp3) is 0.333. The molecule has 2 aromatic carbocycles. The Hall–Kier alpha value is -3.35. The third-order valence-electron chi connectivity index (χ3n) is 4.96. The molecule has 0 fully saturated rings. The summed E-state index contributed by atoms with van der Waals surface area (Å²) in [4.78, 5) is 24.9. The van der Waals surface area contributed by atoms with Gasteiger partial charge in [0.25, 0.3) is 0 Å². The summed E-state index contributed by atoms with van der Waals surface area (Å²) in [5.41, 5.74) is 2.63. The van der Waals surface area contributed by atoms with Crippen LogP contribution >= 0.6 is 0 Å². The third kappa shape index (κ3) is 5.84. The van der Waals surface area contributed by atoms with Crippen molar-refractivity contribution in [3.63, 3.8) is 0 Å². The Bertz CT molecular complexity index is 939. The zero-order chi connectivity index (χ0) is 22.2. The molecule has 31 heavy (non-hydrogen) atoms. The van der Waals surface area contributed by atoms with Gasteiger partial charge in [0.2, 0.25) is 0 Å². The number of unbranched alkanes of at least 4 members (excludes halogenated alkanes) is 1. The van der Waals surface area contributed by atoms with Crippen LogP contribution in [0.4, 0.5) is 9.18 Å². The maximum atomic E-state index is 13.0. The lowest BCUT2D eigenvalue weighted by molar-refractivity contribution is -0.139. The van der Waals surface area contributed by atoms with Gasteiger partial charge in [0.1, 0.15) is 18.2 Å². The minimum atomic E-state index is -0.606. The first-order valence-electron chi connectivity index (χ1n) is 10.5. The van der Waals surface area contributed by atoms with Crippen LogP contribution in [0.3, 0.4) is 0 Å². The van der Waals surface area contributed by atoms with Crippen molar-refractivity contribution in [2.75, 3.05) is 6.61 Å². The van der Waals surface area contributed by atoms with Crippen molar-refractivity contribution in [2.45, 2.75) is 45.8 Å². The molecular weight excluding hydrogens is 399 g/mol. The Kier molecular flexibility index (Phi) is 7.65. The van der Waals surface area contributed by atoms with Crippen molar-refractivity contribution in [2.24, 2.45) is 0 Å². The molecule has 0 spiro atoms. The highest BCUT2D eigenvalue weighted by Gasteiger charge is 2.33. The normalized spacial score (nSPS) is 15.8. The average Bonchev–Trinajstić information content (AvgIpc) is 2.77. The molecule has 0 saturated carbocycles. The Balaban J connectivity index is 1.80. The summed E-state index contributed by atoms with van der Waals surface area (Å²) in [6.07, 6.45) is 2.38. The Morgan fingerprint density at radius 1 is 1.06 bits per heavy atom. The fourth-order valence-electron chi connectivity index (χ4n) is 3.37. The molecule has 0 saturated heterocycles.